The highest BCUT2D eigenvalue weighted by molar-refractivity contribution is 7.21. The van der Waals surface area contributed by atoms with Crippen molar-refractivity contribution in [2.45, 2.75) is 38.8 Å². The van der Waals surface area contributed by atoms with Crippen molar-refractivity contribution >= 4 is 27.3 Å². The molecule has 1 amide bonds. The molecule has 0 saturated carbocycles. The molecule has 0 aliphatic carbocycles. The molecule has 4 nitrogen and oxygen atoms in total. The Balaban J connectivity index is 1.39. The van der Waals surface area contributed by atoms with Crippen LogP contribution in [-0.2, 0) is 0 Å². The number of pyridine rings is 1. The molecule has 1 fully saturated rings. The third-order valence-corrected chi connectivity index (χ3v) is 6.97. The van der Waals surface area contributed by atoms with E-state index < -0.39 is 0 Å². The zero-order valence-electron chi connectivity index (χ0n) is 16.1. The van der Waals surface area contributed by atoms with E-state index in [1.165, 1.54) is 23.0 Å². The highest BCUT2D eigenvalue weighted by Crippen LogP contribution is 2.33. The SMILES string of the molecule is Cc1c(C(=O)NC2CCN([C@@H](C)c3ccncc3)CC2)sc2cccc(F)c12. The molecule has 1 aromatic carbocycles. The molecule has 1 N–H and O–H groups in total. The summed E-state index contributed by atoms with van der Waals surface area (Å²) in [6, 6.07) is 9.61. The molecule has 1 aliphatic heterocycles. The molecular weight excluding hydrogens is 373 g/mol. The van der Waals surface area contributed by atoms with Gasteiger partial charge in [0.2, 0.25) is 0 Å². The average Bonchev–Trinajstić information content (AvgIpc) is 3.07. The van der Waals surface area contributed by atoms with Crippen LogP contribution in [0.15, 0.2) is 42.7 Å². The lowest BCUT2D eigenvalue weighted by Gasteiger charge is -2.36. The molecule has 0 radical (unpaired) electrons. The maximum absolute atomic E-state index is 14.1. The molecule has 1 aliphatic rings. The minimum atomic E-state index is -0.260. The Morgan fingerprint density at radius 2 is 1.96 bits per heavy atom. The van der Waals surface area contributed by atoms with Crippen molar-refractivity contribution in [1.82, 2.24) is 15.2 Å². The van der Waals surface area contributed by atoms with E-state index in [4.69, 9.17) is 0 Å². The zero-order valence-corrected chi connectivity index (χ0v) is 16.9. The number of rotatable bonds is 4. The van der Waals surface area contributed by atoms with Crippen molar-refractivity contribution in [3.8, 4) is 0 Å². The number of likely N-dealkylation sites (tertiary alicyclic amines) is 1. The third-order valence-electron chi connectivity index (χ3n) is 5.71. The van der Waals surface area contributed by atoms with Crippen LogP contribution in [0.5, 0.6) is 0 Å². The van der Waals surface area contributed by atoms with Crippen LogP contribution < -0.4 is 5.32 Å². The molecule has 0 spiro atoms. The summed E-state index contributed by atoms with van der Waals surface area (Å²) >= 11 is 1.37. The number of carbonyl (C=O) groups is 1. The van der Waals surface area contributed by atoms with Gasteiger partial charge in [0.1, 0.15) is 5.82 Å². The number of benzene rings is 1. The second kappa shape index (κ2) is 7.97. The lowest BCUT2D eigenvalue weighted by Crippen LogP contribution is -2.45. The standard InChI is InChI=1S/C22H24FN3OS/c1-14-20-18(23)4-3-5-19(20)28-21(14)22(27)25-17-8-12-26(13-9-17)15(2)16-6-10-24-11-7-16/h3-7,10-11,15,17H,8-9,12-13H2,1-2H3,(H,25,27)/t15-/m0/s1. The first-order valence-corrected chi connectivity index (χ1v) is 10.5. The van der Waals surface area contributed by atoms with Gasteiger partial charge in [-0.05, 0) is 62.1 Å². The molecule has 146 valence electrons. The Bertz CT molecular complexity index is 980. The first-order chi connectivity index (χ1) is 13.5. The van der Waals surface area contributed by atoms with Crippen molar-refractivity contribution in [2.24, 2.45) is 0 Å². The monoisotopic (exact) mass is 397 g/mol. The molecule has 1 atom stereocenters. The first kappa shape index (κ1) is 19.0. The summed E-state index contributed by atoms with van der Waals surface area (Å²) in [7, 11) is 0. The van der Waals surface area contributed by atoms with Crippen LogP contribution in [0.3, 0.4) is 0 Å². The second-order valence-corrected chi connectivity index (χ2v) is 8.46. The quantitative estimate of drug-likeness (QED) is 0.694. The number of aryl methyl sites for hydroxylation is 1. The van der Waals surface area contributed by atoms with Crippen LogP contribution in [-0.4, -0.2) is 34.9 Å². The lowest BCUT2D eigenvalue weighted by molar-refractivity contribution is 0.0899. The number of nitrogens with zero attached hydrogens (tertiary/aromatic N) is 2. The predicted molar refractivity (Wildman–Crippen MR) is 111 cm³/mol. The first-order valence-electron chi connectivity index (χ1n) is 9.67. The molecule has 1 saturated heterocycles. The number of thiophene rings is 1. The summed E-state index contributed by atoms with van der Waals surface area (Å²) in [4.78, 5) is 20.0. The Morgan fingerprint density at radius 3 is 2.64 bits per heavy atom. The highest BCUT2D eigenvalue weighted by Gasteiger charge is 2.26. The van der Waals surface area contributed by atoms with E-state index in [0.29, 0.717) is 16.3 Å². The summed E-state index contributed by atoms with van der Waals surface area (Å²) in [5.74, 6) is -0.345. The fraction of sp³-hybridized carbons (Fsp3) is 0.364. The number of amides is 1. The molecule has 3 aromatic rings. The van der Waals surface area contributed by atoms with Gasteiger partial charge in [-0.15, -0.1) is 11.3 Å². The topological polar surface area (TPSA) is 45.2 Å². The van der Waals surface area contributed by atoms with Gasteiger partial charge in [-0.3, -0.25) is 14.7 Å². The molecule has 3 heterocycles. The minimum Gasteiger partial charge on any atom is -0.349 e. The molecule has 28 heavy (non-hydrogen) atoms. The minimum absolute atomic E-state index is 0.0845. The van der Waals surface area contributed by atoms with Gasteiger partial charge < -0.3 is 5.32 Å². The van der Waals surface area contributed by atoms with Crippen LogP contribution in [0.2, 0.25) is 0 Å². The van der Waals surface area contributed by atoms with Crippen LogP contribution in [0, 0.1) is 12.7 Å². The maximum atomic E-state index is 14.1. The van der Waals surface area contributed by atoms with Crippen molar-refractivity contribution in [3.05, 3.63) is 64.5 Å². The number of nitrogens with one attached hydrogen (secondary N) is 1. The second-order valence-electron chi connectivity index (χ2n) is 7.41. The molecule has 2 aromatic heterocycles. The summed E-state index contributed by atoms with van der Waals surface area (Å²) in [5.41, 5.74) is 2.00. The normalized spacial score (nSPS) is 17.0. The van der Waals surface area contributed by atoms with E-state index in [1.54, 1.807) is 6.07 Å². The van der Waals surface area contributed by atoms with E-state index in [2.05, 4.69) is 34.3 Å². The molecule has 4 rings (SSSR count). The summed E-state index contributed by atoms with van der Waals surface area (Å²) < 4.78 is 14.9. The van der Waals surface area contributed by atoms with Crippen LogP contribution in [0.1, 0.15) is 46.6 Å². The number of carbonyl (C=O) groups excluding carboxylic acids is 1. The summed E-state index contributed by atoms with van der Waals surface area (Å²) in [6.07, 6.45) is 5.49. The van der Waals surface area contributed by atoms with Crippen LogP contribution >= 0.6 is 11.3 Å². The van der Waals surface area contributed by atoms with Gasteiger partial charge in [0.15, 0.2) is 0 Å². The fourth-order valence-electron chi connectivity index (χ4n) is 4.00. The highest BCUT2D eigenvalue weighted by atomic mass is 32.1. The van der Waals surface area contributed by atoms with Gasteiger partial charge in [0.05, 0.1) is 4.88 Å². The summed E-state index contributed by atoms with van der Waals surface area (Å²) in [6.45, 7) is 5.92. The number of hydrogen-bond donors (Lipinski definition) is 1. The third kappa shape index (κ3) is 3.66. The van der Waals surface area contributed by atoms with Gasteiger partial charge in [0, 0.05) is 47.7 Å². The van der Waals surface area contributed by atoms with Crippen molar-refractivity contribution < 1.29 is 9.18 Å². The molecule has 6 heteroatoms. The van der Waals surface area contributed by atoms with E-state index >= 15 is 0 Å². The van der Waals surface area contributed by atoms with Gasteiger partial charge in [-0.2, -0.15) is 0 Å². The largest absolute Gasteiger partial charge is 0.349 e. The lowest BCUT2D eigenvalue weighted by atomic mass is 10.0. The molecule has 0 bridgehead atoms. The van der Waals surface area contributed by atoms with Gasteiger partial charge in [-0.1, -0.05) is 6.07 Å². The predicted octanol–water partition coefficient (Wildman–Crippen LogP) is 4.70. The molecular formula is C22H24FN3OS. The Morgan fingerprint density at radius 1 is 1.25 bits per heavy atom. The average molecular weight is 398 g/mol. The van der Waals surface area contributed by atoms with E-state index in [1.807, 2.05) is 25.4 Å². The maximum Gasteiger partial charge on any atom is 0.261 e. The van der Waals surface area contributed by atoms with E-state index in [-0.39, 0.29) is 17.8 Å². The van der Waals surface area contributed by atoms with Gasteiger partial charge >= 0.3 is 0 Å². The van der Waals surface area contributed by atoms with Gasteiger partial charge in [-0.25, -0.2) is 4.39 Å². The van der Waals surface area contributed by atoms with Gasteiger partial charge in [0.25, 0.3) is 5.91 Å². The summed E-state index contributed by atoms with van der Waals surface area (Å²) in [5, 5.41) is 3.74. The van der Waals surface area contributed by atoms with Crippen molar-refractivity contribution in [1.29, 1.82) is 0 Å². The number of aromatic nitrogens is 1. The van der Waals surface area contributed by atoms with Crippen molar-refractivity contribution in [3.63, 3.8) is 0 Å². The number of fused-ring (bicyclic) bond motifs is 1. The van der Waals surface area contributed by atoms with E-state index in [0.717, 1.165) is 36.2 Å². The Kier molecular flexibility index (Phi) is 5.42. The number of piperidine rings is 1. The van der Waals surface area contributed by atoms with Crippen LogP contribution in [0.25, 0.3) is 10.1 Å². The molecule has 0 unspecified atom stereocenters. The van der Waals surface area contributed by atoms with Crippen molar-refractivity contribution in [2.75, 3.05) is 13.1 Å². The Hall–Kier alpha value is -2.31. The smallest absolute Gasteiger partial charge is 0.261 e. The number of hydrogen-bond acceptors (Lipinski definition) is 4. The van der Waals surface area contributed by atoms with E-state index in [9.17, 15) is 9.18 Å². The zero-order chi connectivity index (χ0) is 19.7. The Labute approximate surface area is 168 Å². The number of halogens is 1. The van der Waals surface area contributed by atoms with Crippen LogP contribution in [0.4, 0.5) is 4.39 Å². The fourth-order valence-corrected chi connectivity index (χ4v) is 5.13.